The van der Waals surface area contributed by atoms with Crippen molar-refractivity contribution in [2.75, 3.05) is 25.9 Å². The zero-order valence-electron chi connectivity index (χ0n) is 12.0. The van der Waals surface area contributed by atoms with E-state index in [1.165, 1.54) is 6.26 Å². The summed E-state index contributed by atoms with van der Waals surface area (Å²) in [4.78, 5) is 0.347. The molecule has 0 aromatic heterocycles. The van der Waals surface area contributed by atoms with E-state index in [2.05, 4.69) is 6.92 Å². The molecule has 1 aliphatic heterocycles. The van der Waals surface area contributed by atoms with E-state index >= 15 is 0 Å². The van der Waals surface area contributed by atoms with Crippen molar-refractivity contribution in [1.29, 1.82) is 0 Å². The molecule has 0 saturated heterocycles. The molecule has 5 heteroatoms. The number of hydrogen-bond donors (Lipinski definition) is 1. The minimum Gasteiger partial charge on any atom is -0.224 e. The van der Waals surface area contributed by atoms with Crippen molar-refractivity contribution in [3.63, 3.8) is 0 Å². The molecule has 0 spiro atoms. The third-order valence-corrected chi connectivity index (χ3v) is 4.86. The molecule has 1 aromatic carbocycles. The maximum Gasteiger partial charge on any atom is 0.175 e. The quantitative estimate of drug-likeness (QED) is 0.869. The lowest BCUT2D eigenvalue weighted by Crippen LogP contribution is -2.48. The molecule has 1 unspecified atom stereocenters. The lowest BCUT2D eigenvalue weighted by Gasteiger charge is -2.32. The van der Waals surface area contributed by atoms with Crippen LogP contribution in [0, 0.1) is 0 Å². The van der Waals surface area contributed by atoms with Crippen molar-refractivity contribution < 1.29 is 18.3 Å². The minimum absolute atomic E-state index is 0.0891. The van der Waals surface area contributed by atoms with Gasteiger partial charge in [-0.15, -0.1) is 0 Å². The van der Waals surface area contributed by atoms with E-state index in [-0.39, 0.29) is 4.65 Å². The summed E-state index contributed by atoms with van der Waals surface area (Å²) in [5.74, 6) is 0. The van der Waals surface area contributed by atoms with Crippen LogP contribution >= 0.6 is 0 Å². The SMILES string of the molecule is CCC[N+]1(O)CC=C(c2cccc(S(C)(=O)=O)c2)CC1. The number of sulfone groups is 1. The van der Waals surface area contributed by atoms with Gasteiger partial charge in [-0.05, 0) is 35.8 Å². The Morgan fingerprint density at radius 2 is 2.10 bits per heavy atom. The number of rotatable bonds is 4. The summed E-state index contributed by atoms with van der Waals surface area (Å²) in [5, 5.41) is 10.3. The fourth-order valence-electron chi connectivity index (χ4n) is 2.61. The first-order valence-corrected chi connectivity index (χ1v) is 8.81. The van der Waals surface area contributed by atoms with E-state index in [0.29, 0.717) is 18.0 Å². The summed E-state index contributed by atoms with van der Waals surface area (Å²) < 4.78 is 23.3. The van der Waals surface area contributed by atoms with Crippen LogP contribution in [0.1, 0.15) is 25.3 Å². The normalized spacial score (nSPS) is 23.4. The van der Waals surface area contributed by atoms with Crippen LogP contribution in [0.4, 0.5) is 0 Å². The highest BCUT2D eigenvalue weighted by Gasteiger charge is 2.27. The Morgan fingerprint density at radius 1 is 1.35 bits per heavy atom. The summed E-state index contributed by atoms with van der Waals surface area (Å²) in [6, 6.07) is 7.04. The second-order valence-electron chi connectivity index (χ2n) is 5.50. The second-order valence-corrected chi connectivity index (χ2v) is 7.52. The highest BCUT2D eigenvalue weighted by molar-refractivity contribution is 7.90. The first kappa shape index (κ1) is 15.2. The third kappa shape index (κ3) is 3.48. The molecule has 0 radical (unpaired) electrons. The van der Waals surface area contributed by atoms with Crippen molar-refractivity contribution in [3.8, 4) is 0 Å². The summed E-state index contributed by atoms with van der Waals surface area (Å²) in [6.07, 6.45) is 4.96. The largest absolute Gasteiger partial charge is 0.224 e. The molecule has 0 aliphatic carbocycles. The van der Waals surface area contributed by atoms with Crippen LogP contribution in [0.2, 0.25) is 0 Å². The zero-order chi connectivity index (χ0) is 14.8. The zero-order valence-corrected chi connectivity index (χ0v) is 12.9. The first-order chi connectivity index (χ1) is 9.34. The highest BCUT2D eigenvalue weighted by Crippen LogP contribution is 2.26. The van der Waals surface area contributed by atoms with Crippen molar-refractivity contribution in [2.24, 2.45) is 0 Å². The van der Waals surface area contributed by atoms with Crippen LogP contribution in [0.25, 0.3) is 5.57 Å². The monoisotopic (exact) mass is 296 g/mol. The lowest BCUT2D eigenvalue weighted by atomic mass is 9.99. The van der Waals surface area contributed by atoms with Gasteiger partial charge in [-0.1, -0.05) is 19.1 Å². The molecule has 0 saturated carbocycles. The molecule has 0 fully saturated rings. The predicted octanol–water partition coefficient (Wildman–Crippen LogP) is 2.49. The van der Waals surface area contributed by atoms with Gasteiger partial charge in [-0.25, -0.2) is 13.6 Å². The van der Waals surface area contributed by atoms with Gasteiger partial charge in [0.2, 0.25) is 0 Å². The third-order valence-electron chi connectivity index (χ3n) is 3.75. The predicted molar refractivity (Wildman–Crippen MR) is 79.1 cm³/mol. The van der Waals surface area contributed by atoms with Gasteiger partial charge < -0.3 is 0 Å². The fraction of sp³-hybridized carbons (Fsp3) is 0.467. The molecule has 1 heterocycles. The van der Waals surface area contributed by atoms with Crippen molar-refractivity contribution in [1.82, 2.24) is 0 Å². The molecule has 1 aromatic rings. The molecule has 0 bridgehead atoms. The van der Waals surface area contributed by atoms with Crippen LogP contribution in [-0.2, 0) is 9.84 Å². The van der Waals surface area contributed by atoms with Crippen LogP contribution < -0.4 is 0 Å². The molecule has 20 heavy (non-hydrogen) atoms. The molecule has 1 aliphatic rings. The fourth-order valence-corrected chi connectivity index (χ4v) is 3.28. The van der Waals surface area contributed by atoms with Crippen molar-refractivity contribution in [3.05, 3.63) is 35.9 Å². The molecule has 1 N–H and O–H groups in total. The van der Waals surface area contributed by atoms with E-state index in [1.807, 2.05) is 12.1 Å². The smallest absolute Gasteiger partial charge is 0.175 e. The van der Waals surface area contributed by atoms with Gasteiger partial charge in [-0.2, -0.15) is 4.65 Å². The van der Waals surface area contributed by atoms with E-state index in [4.69, 9.17) is 0 Å². The van der Waals surface area contributed by atoms with Crippen LogP contribution in [-0.4, -0.2) is 44.2 Å². The molecule has 2 rings (SSSR count). The average molecular weight is 296 g/mol. The average Bonchev–Trinajstić information content (AvgIpc) is 2.39. The molecule has 0 amide bonds. The Labute approximate surface area is 120 Å². The Morgan fingerprint density at radius 3 is 2.65 bits per heavy atom. The van der Waals surface area contributed by atoms with Gasteiger partial charge >= 0.3 is 0 Å². The number of hydroxylamine groups is 3. The van der Waals surface area contributed by atoms with Gasteiger partial charge in [0, 0.05) is 12.7 Å². The summed E-state index contributed by atoms with van der Waals surface area (Å²) in [6.45, 7) is 4.09. The number of hydrogen-bond acceptors (Lipinski definition) is 3. The Kier molecular flexibility index (Phi) is 4.32. The van der Waals surface area contributed by atoms with Gasteiger partial charge in [0.25, 0.3) is 0 Å². The number of nitrogens with zero attached hydrogens (tertiary/aromatic N) is 1. The maximum atomic E-state index is 11.6. The molecule has 4 nitrogen and oxygen atoms in total. The van der Waals surface area contributed by atoms with Gasteiger partial charge in [0.15, 0.2) is 9.84 Å². The number of benzene rings is 1. The Hall–Kier alpha value is -1.17. The molecular weight excluding hydrogens is 274 g/mol. The molecule has 1 atom stereocenters. The van der Waals surface area contributed by atoms with Crippen molar-refractivity contribution in [2.45, 2.75) is 24.7 Å². The molecule has 110 valence electrons. The van der Waals surface area contributed by atoms with Gasteiger partial charge in [-0.3, -0.25) is 0 Å². The second kappa shape index (κ2) is 5.68. The molecular formula is C15H22NO3S+. The number of quaternary nitrogens is 1. The van der Waals surface area contributed by atoms with Crippen LogP contribution in [0.3, 0.4) is 0 Å². The topological polar surface area (TPSA) is 54.4 Å². The van der Waals surface area contributed by atoms with E-state index in [0.717, 1.165) is 30.5 Å². The minimum atomic E-state index is -3.18. The van der Waals surface area contributed by atoms with Crippen LogP contribution in [0.5, 0.6) is 0 Å². The Bertz CT molecular complexity index is 622. The lowest BCUT2D eigenvalue weighted by molar-refractivity contribution is -1.10. The van der Waals surface area contributed by atoms with E-state index in [9.17, 15) is 13.6 Å². The Balaban J connectivity index is 2.24. The standard InChI is InChI=1S/C15H22NO3S/c1-3-9-16(17)10-7-13(8-11-16)14-5-4-6-15(12-14)20(2,18)19/h4-7,12,17H,3,8-11H2,1-2H3/q+1. The first-order valence-electron chi connectivity index (χ1n) is 6.92. The van der Waals surface area contributed by atoms with E-state index in [1.54, 1.807) is 18.2 Å². The van der Waals surface area contributed by atoms with Crippen LogP contribution in [0.15, 0.2) is 35.2 Å². The van der Waals surface area contributed by atoms with Gasteiger partial charge in [0.1, 0.15) is 19.6 Å². The van der Waals surface area contributed by atoms with E-state index < -0.39 is 9.84 Å². The highest BCUT2D eigenvalue weighted by atomic mass is 32.2. The van der Waals surface area contributed by atoms with Gasteiger partial charge in [0.05, 0.1) is 4.90 Å². The summed E-state index contributed by atoms with van der Waals surface area (Å²) in [5.41, 5.74) is 2.06. The maximum absolute atomic E-state index is 11.6. The summed E-state index contributed by atoms with van der Waals surface area (Å²) in [7, 11) is -3.18. The van der Waals surface area contributed by atoms with Crippen molar-refractivity contribution >= 4 is 15.4 Å². The summed E-state index contributed by atoms with van der Waals surface area (Å²) >= 11 is 0.